The fourth-order valence-electron chi connectivity index (χ4n) is 4.00. The van der Waals surface area contributed by atoms with Crippen molar-refractivity contribution in [2.45, 2.75) is 83.6 Å². The topological polar surface area (TPSA) is 18.5 Å². The van der Waals surface area contributed by atoms with Gasteiger partial charge in [0.15, 0.2) is 0 Å². The molecule has 1 atom stereocenters. The van der Waals surface area contributed by atoms with Crippen molar-refractivity contribution in [2.24, 2.45) is 0 Å². The van der Waals surface area contributed by atoms with Crippen LogP contribution in [0.4, 0.5) is 0 Å². The zero-order valence-electron chi connectivity index (χ0n) is 19.7. The van der Waals surface area contributed by atoms with Crippen LogP contribution < -0.4 is 0 Å². The Hall–Kier alpha value is -0.0426. The molecule has 1 radical (unpaired) electrons. The molecule has 2 nitrogen and oxygen atoms in total. The third kappa shape index (κ3) is 7.24. The van der Waals surface area contributed by atoms with Gasteiger partial charge in [0.05, 0.1) is 0 Å². The molecule has 0 saturated carbocycles. The van der Waals surface area contributed by atoms with Gasteiger partial charge in [0, 0.05) is 0 Å². The summed E-state index contributed by atoms with van der Waals surface area (Å²) >= 11 is -5.15. The molecule has 1 unspecified atom stereocenters. The number of rotatable bonds is 14. The third-order valence-electron chi connectivity index (χ3n) is 6.02. The molecular formula is C26H41O2Sn2. The van der Waals surface area contributed by atoms with E-state index >= 15 is 0 Å². The summed E-state index contributed by atoms with van der Waals surface area (Å²) in [6, 6.07) is 21.6. The molecule has 0 aliphatic rings. The van der Waals surface area contributed by atoms with Gasteiger partial charge in [-0.2, -0.15) is 0 Å². The molecule has 2 rings (SSSR count). The molecule has 0 aliphatic carbocycles. The van der Waals surface area contributed by atoms with Crippen LogP contribution in [0.15, 0.2) is 60.7 Å². The summed E-state index contributed by atoms with van der Waals surface area (Å²) in [5.74, 6) is 0. The summed E-state index contributed by atoms with van der Waals surface area (Å²) in [6.45, 7) is 11.5. The normalized spacial score (nSPS) is 14.1. The van der Waals surface area contributed by atoms with Crippen LogP contribution in [0.3, 0.4) is 0 Å². The van der Waals surface area contributed by atoms with Gasteiger partial charge in [-0.15, -0.1) is 0 Å². The average molecular weight is 623 g/mol. The molecule has 2 aromatic rings. The molecule has 0 spiro atoms. The van der Waals surface area contributed by atoms with Gasteiger partial charge in [-0.3, -0.25) is 0 Å². The maximum absolute atomic E-state index is 7.40. The van der Waals surface area contributed by atoms with Crippen LogP contribution in [0.2, 0.25) is 17.7 Å². The van der Waals surface area contributed by atoms with Gasteiger partial charge in [0.1, 0.15) is 0 Å². The molecule has 0 aliphatic heterocycles. The Labute approximate surface area is 198 Å². The Morgan fingerprint density at radius 3 is 1.77 bits per heavy atom. The van der Waals surface area contributed by atoms with Crippen LogP contribution in [-0.4, -0.2) is 39.4 Å². The van der Waals surface area contributed by atoms with Gasteiger partial charge < -0.3 is 0 Å². The van der Waals surface area contributed by atoms with Crippen molar-refractivity contribution in [3.05, 3.63) is 71.8 Å². The first kappa shape index (κ1) is 26.2. The van der Waals surface area contributed by atoms with Crippen LogP contribution in [0.5, 0.6) is 0 Å². The van der Waals surface area contributed by atoms with E-state index in [4.69, 9.17) is 4.49 Å². The Kier molecular flexibility index (Phi) is 11.8. The second kappa shape index (κ2) is 13.5. The Morgan fingerprint density at radius 2 is 1.33 bits per heavy atom. The summed E-state index contributed by atoms with van der Waals surface area (Å²) in [6.07, 6.45) is 5.01. The van der Waals surface area contributed by atoms with Gasteiger partial charge in [0.2, 0.25) is 0 Å². The van der Waals surface area contributed by atoms with Crippen molar-refractivity contribution in [3.8, 4) is 0 Å². The minimum absolute atomic E-state index is 0.449. The number of benzene rings is 2. The minimum atomic E-state index is -3.28. The second-order valence-corrected chi connectivity index (χ2v) is 28.6. The Morgan fingerprint density at radius 1 is 0.800 bits per heavy atom. The van der Waals surface area contributed by atoms with Crippen LogP contribution in [0, 0.1) is 0 Å². The molecule has 0 saturated heterocycles. The van der Waals surface area contributed by atoms with Crippen LogP contribution in [-0.2, 0) is 10.1 Å². The van der Waals surface area contributed by atoms with E-state index < -0.39 is 45.0 Å². The number of hydrogen-bond acceptors (Lipinski definition) is 2. The van der Waals surface area contributed by atoms with Crippen molar-refractivity contribution in [3.63, 3.8) is 0 Å². The summed E-state index contributed by atoms with van der Waals surface area (Å²) in [5, 5.41) is 0. The second-order valence-electron chi connectivity index (χ2n) is 8.33. The predicted molar refractivity (Wildman–Crippen MR) is 133 cm³/mol. The molecule has 2 aromatic carbocycles. The summed E-state index contributed by atoms with van der Waals surface area (Å²) < 4.78 is 19.5. The van der Waals surface area contributed by atoms with Crippen LogP contribution >= 0.6 is 0 Å². The zero-order valence-corrected chi connectivity index (χ0v) is 25.5. The van der Waals surface area contributed by atoms with Gasteiger partial charge in [-0.05, 0) is 0 Å². The van der Waals surface area contributed by atoms with E-state index in [1.165, 1.54) is 50.1 Å². The van der Waals surface area contributed by atoms with E-state index in [0.29, 0.717) is 0 Å². The van der Waals surface area contributed by atoms with E-state index in [9.17, 15) is 0 Å². The molecule has 0 heterocycles. The molecule has 0 amide bonds. The van der Waals surface area contributed by atoms with Gasteiger partial charge in [-0.25, -0.2) is 0 Å². The SMILES string of the molecule is CCC[CH2][Sn]([CH2]C)[O][Sn]([CH2]C)([CH2]CCC)[O]C(C)(c1ccccc1)c1ccccc1. The van der Waals surface area contributed by atoms with E-state index in [1.807, 2.05) is 0 Å². The number of unbranched alkanes of at least 4 members (excludes halogenated alkanes) is 2. The molecule has 4 heteroatoms. The quantitative estimate of drug-likeness (QED) is 0.199. The third-order valence-corrected chi connectivity index (χ3v) is 33.9. The van der Waals surface area contributed by atoms with Crippen molar-refractivity contribution in [1.29, 1.82) is 0 Å². The molecule has 0 bridgehead atoms. The molecule has 0 aromatic heterocycles. The van der Waals surface area contributed by atoms with Crippen LogP contribution in [0.25, 0.3) is 0 Å². The molecule has 165 valence electrons. The van der Waals surface area contributed by atoms with Crippen molar-refractivity contribution in [2.75, 3.05) is 0 Å². The average Bonchev–Trinajstić information content (AvgIpc) is 2.81. The first-order chi connectivity index (χ1) is 14.5. The van der Waals surface area contributed by atoms with Crippen LogP contribution in [0.1, 0.15) is 71.4 Å². The fraction of sp³-hybridized carbons (Fsp3) is 0.538. The van der Waals surface area contributed by atoms with E-state index in [2.05, 4.69) is 95.3 Å². The first-order valence-corrected chi connectivity index (χ1v) is 23.4. The van der Waals surface area contributed by atoms with Crippen molar-refractivity contribution < 1.29 is 4.49 Å². The summed E-state index contributed by atoms with van der Waals surface area (Å²) in [5.41, 5.74) is 2.02. The maximum atomic E-state index is 7.40. The first-order valence-electron chi connectivity index (χ1n) is 11.9. The van der Waals surface area contributed by atoms with E-state index in [1.54, 1.807) is 0 Å². The van der Waals surface area contributed by atoms with Gasteiger partial charge in [-0.1, -0.05) is 0 Å². The Balaban J connectivity index is 2.46. The van der Waals surface area contributed by atoms with Crippen molar-refractivity contribution in [1.82, 2.24) is 0 Å². The van der Waals surface area contributed by atoms with Gasteiger partial charge >= 0.3 is 199 Å². The Bertz CT molecular complexity index is 668. The monoisotopic (exact) mass is 625 g/mol. The fourth-order valence-corrected chi connectivity index (χ4v) is 37.5. The summed E-state index contributed by atoms with van der Waals surface area (Å²) in [7, 11) is 0. The zero-order chi connectivity index (χ0) is 21.9. The molecule has 30 heavy (non-hydrogen) atoms. The molecule has 0 N–H and O–H groups in total. The van der Waals surface area contributed by atoms with Gasteiger partial charge in [0.25, 0.3) is 0 Å². The standard InChI is InChI=1S/C14H13O.2C4H9.2C2H5.O.2Sn/c1-14(15,12-8-4-2-5-9-12)13-10-6-3-7-11-13;2*1-3-4-2;2*1-2;;;/h2-11H,1H3;2*1,3-4H2,2H3;2*1H2,2H3;;;/q-1;;;;;;;+1. The van der Waals surface area contributed by atoms with Crippen molar-refractivity contribution >= 4 is 39.4 Å². The molecule has 0 fully saturated rings. The van der Waals surface area contributed by atoms with E-state index in [-0.39, 0.29) is 0 Å². The molecular weight excluding hydrogens is 582 g/mol. The number of hydrogen-bond donors (Lipinski definition) is 0. The summed E-state index contributed by atoms with van der Waals surface area (Å²) in [4.78, 5) is 0. The predicted octanol–water partition coefficient (Wildman–Crippen LogP) is 8.06. The van der Waals surface area contributed by atoms with E-state index in [0.717, 1.165) is 4.44 Å².